The topological polar surface area (TPSA) is 46.2 Å². The second-order valence-corrected chi connectivity index (χ2v) is 8.42. The quantitative estimate of drug-likeness (QED) is 0.235. The summed E-state index contributed by atoms with van der Waals surface area (Å²) in [7, 11) is 1.60. The second-order valence-electron chi connectivity index (χ2n) is 8.42. The minimum atomic E-state index is 0.172. The van der Waals surface area contributed by atoms with Gasteiger partial charge in [0.15, 0.2) is 6.79 Å². The van der Waals surface area contributed by atoms with Gasteiger partial charge in [0, 0.05) is 35.9 Å². The van der Waals surface area contributed by atoms with Crippen molar-refractivity contribution in [3.05, 3.63) is 119 Å². The van der Waals surface area contributed by atoms with Crippen LogP contribution in [-0.4, -0.2) is 20.5 Å². The summed E-state index contributed by atoms with van der Waals surface area (Å²) in [4.78, 5) is 0. The molecule has 182 valence electrons. The summed E-state index contributed by atoms with van der Waals surface area (Å²) in [6.07, 6.45) is 2.14. The van der Waals surface area contributed by atoms with Crippen LogP contribution in [0.4, 0.5) is 0 Å². The van der Waals surface area contributed by atoms with Crippen molar-refractivity contribution >= 4 is 11.6 Å². The monoisotopic (exact) mass is 480 g/mol. The third-order valence-corrected chi connectivity index (χ3v) is 5.83. The molecule has 0 saturated carbocycles. The van der Waals surface area contributed by atoms with Crippen LogP contribution in [0.5, 0.6) is 23.0 Å². The highest BCUT2D eigenvalue weighted by atomic mass is 16.7. The van der Waals surface area contributed by atoms with E-state index in [0.29, 0.717) is 25.6 Å². The van der Waals surface area contributed by atoms with E-state index in [1.807, 2.05) is 97.1 Å². The molecule has 1 aliphatic heterocycles. The van der Waals surface area contributed by atoms with Crippen molar-refractivity contribution in [1.82, 2.24) is 0 Å². The van der Waals surface area contributed by atoms with E-state index in [1.165, 1.54) is 0 Å². The van der Waals surface area contributed by atoms with E-state index in [4.69, 9.17) is 23.7 Å². The zero-order valence-electron chi connectivity index (χ0n) is 20.2. The van der Waals surface area contributed by atoms with Gasteiger partial charge in [-0.15, -0.1) is 0 Å². The van der Waals surface area contributed by atoms with Crippen molar-refractivity contribution in [2.75, 3.05) is 20.5 Å². The van der Waals surface area contributed by atoms with Gasteiger partial charge >= 0.3 is 0 Å². The Kier molecular flexibility index (Phi) is 7.49. The van der Waals surface area contributed by atoms with Crippen LogP contribution in [0.3, 0.4) is 0 Å². The van der Waals surface area contributed by atoms with Gasteiger partial charge in [0.05, 0.1) is 0 Å². The number of fused-ring (bicyclic) bond motifs is 1. The van der Waals surface area contributed by atoms with Gasteiger partial charge in [-0.2, -0.15) is 0 Å². The number of hydrogen-bond donors (Lipinski definition) is 0. The predicted octanol–water partition coefficient (Wildman–Crippen LogP) is 6.76. The maximum Gasteiger partial charge on any atom is 0.188 e. The van der Waals surface area contributed by atoms with Gasteiger partial charge in [0.25, 0.3) is 0 Å². The van der Waals surface area contributed by atoms with Crippen molar-refractivity contribution in [2.24, 2.45) is 0 Å². The molecule has 0 aliphatic carbocycles. The van der Waals surface area contributed by atoms with Crippen LogP contribution in [0, 0.1) is 0 Å². The molecule has 0 unspecified atom stereocenters. The smallest absolute Gasteiger partial charge is 0.188 e. The van der Waals surface area contributed by atoms with E-state index in [2.05, 4.69) is 6.08 Å². The van der Waals surface area contributed by atoms with E-state index in [1.54, 1.807) is 7.11 Å². The molecule has 0 atom stereocenters. The van der Waals surface area contributed by atoms with Gasteiger partial charge in [-0.25, -0.2) is 0 Å². The number of methoxy groups -OCH3 is 1. The lowest BCUT2D eigenvalue weighted by molar-refractivity contribution is 0.0509. The van der Waals surface area contributed by atoms with Gasteiger partial charge in [-0.1, -0.05) is 60.7 Å². The third-order valence-electron chi connectivity index (χ3n) is 5.83. The first-order valence-corrected chi connectivity index (χ1v) is 11.9. The summed E-state index contributed by atoms with van der Waals surface area (Å²) in [5.41, 5.74) is 5.21. The number of rotatable bonds is 10. The standard InChI is InChI=1S/C31H28O5/c1-32-22-36-28-14-15-29(31(18-28)34-20-24-10-6-3-7-11-24)26-16-25-12-13-27(17-30(25)35-21-26)33-19-23-8-4-2-5-9-23/h2-18H,19-22H2,1H3. The Hall–Kier alpha value is -4.22. The Labute approximate surface area is 211 Å². The fourth-order valence-corrected chi connectivity index (χ4v) is 3.97. The van der Waals surface area contributed by atoms with E-state index < -0.39 is 0 Å². The molecule has 0 fully saturated rings. The average molecular weight is 481 g/mol. The van der Waals surface area contributed by atoms with Crippen molar-refractivity contribution in [1.29, 1.82) is 0 Å². The summed E-state index contributed by atoms with van der Waals surface area (Å²) < 4.78 is 29.0. The second kappa shape index (κ2) is 11.5. The summed E-state index contributed by atoms with van der Waals surface area (Å²) in [6, 6.07) is 32.0. The van der Waals surface area contributed by atoms with Crippen LogP contribution in [0.15, 0.2) is 97.1 Å². The molecule has 0 amide bonds. The molecule has 5 heteroatoms. The fraction of sp³-hybridized carbons (Fsp3) is 0.161. The maximum atomic E-state index is 6.24. The van der Waals surface area contributed by atoms with Crippen molar-refractivity contribution in [3.63, 3.8) is 0 Å². The van der Waals surface area contributed by atoms with Crippen LogP contribution in [-0.2, 0) is 18.0 Å². The molecule has 0 radical (unpaired) electrons. The van der Waals surface area contributed by atoms with Crippen molar-refractivity contribution < 1.29 is 23.7 Å². The highest BCUT2D eigenvalue weighted by Crippen LogP contribution is 2.38. The van der Waals surface area contributed by atoms with Gasteiger partial charge in [0.1, 0.15) is 42.8 Å². The number of benzene rings is 4. The normalized spacial score (nSPS) is 12.2. The molecule has 5 rings (SSSR count). The Morgan fingerprint density at radius 2 is 1.36 bits per heavy atom. The lowest BCUT2D eigenvalue weighted by Crippen LogP contribution is -2.09. The first-order valence-electron chi connectivity index (χ1n) is 11.9. The van der Waals surface area contributed by atoms with Gasteiger partial charge in [-0.05, 0) is 41.5 Å². The minimum absolute atomic E-state index is 0.172. The highest BCUT2D eigenvalue weighted by molar-refractivity contribution is 5.88. The first-order chi connectivity index (χ1) is 17.8. The van der Waals surface area contributed by atoms with Gasteiger partial charge in [0.2, 0.25) is 0 Å². The zero-order chi connectivity index (χ0) is 24.6. The lowest BCUT2D eigenvalue weighted by Gasteiger charge is -2.21. The maximum absolute atomic E-state index is 6.24. The number of hydrogen-bond acceptors (Lipinski definition) is 5. The van der Waals surface area contributed by atoms with Gasteiger partial charge in [-0.3, -0.25) is 0 Å². The molecule has 36 heavy (non-hydrogen) atoms. The lowest BCUT2D eigenvalue weighted by atomic mass is 9.99. The molecule has 0 N–H and O–H groups in total. The molecule has 4 aromatic rings. The third kappa shape index (κ3) is 5.88. The summed E-state index contributed by atoms with van der Waals surface area (Å²) in [5, 5.41) is 0. The van der Waals surface area contributed by atoms with E-state index in [-0.39, 0.29) is 6.79 Å². The summed E-state index contributed by atoms with van der Waals surface area (Å²) >= 11 is 0. The Balaban J connectivity index is 1.36. The predicted molar refractivity (Wildman–Crippen MR) is 140 cm³/mol. The fourth-order valence-electron chi connectivity index (χ4n) is 3.97. The number of ether oxygens (including phenoxy) is 5. The SMILES string of the molecule is COCOc1ccc(C2=Cc3ccc(OCc4ccccc4)cc3OC2)c(OCc2ccccc2)c1. The van der Waals surface area contributed by atoms with Gasteiger partial charge < -0.3 is 23.7 Å². The van der Waals surface area contributed by atoms with Crippen LogP contribution in [0.1, 0.15) is 22.3 Å². The largest absolute Gasteiger partial charge is 0.489 e. The molecule has 1 heterocycles. The summed E-state index contributed by atoms with van der Waals surface area (Å²) in [6.45, 7) is 1.56. The van der Waals surface area contributed by atoms with E-state index in [9.17, 15) is 0 Å². The molecular formula is C31H28O5. The Bertz CT molecular complexity index is 1320. The first kappa shape index (κ1) is 23.5. The molecule has 0 bridgehead atoms. The van der Waals surface area contributed by atoms with Crippen LogP contribution < -0.4 is 18.9 Å². The summed E-state index contributed by atoms with van der Waals surface area (Å²) in [5.74, 6) is 2.99. The Morgan fingerprint density at radius 3 is 2.08 bits per heavy atom. The molecule has 0 aromatic heterocycles. The van der Waals surface area contributed by atoms with E-state index >= 15 is 0 Å². The molecule has 5 nitrogen and oxygen atoms in total. The van der Waals surface area contributed by atoms with Crippen LogP contribution >= 0.6 is 0 Å². The van der Waals surface area contributed by atoms with Crippen LogP contribution in [0.25, 0.3) is 11.6 Å². The molecular weight excluding hydrogens is 452 g/mol. The molecule has 0 saturated heterocycles. The Morgan fingerprint density at radius 1 is 0.694 bits per heavy atom. The van der Waals surface area contributed by atoms with Crippen LogP contribution in [0.2, 0.25) is 0 Å². The molecule has 4 aromatic carbocycles. The molecule has 0 spiro atoms. The average Bonchev–Trinajstić information content (AvgIpc) is 2.94. The van der Waals surface area contributed by atoms with Crippen molar-refractivity contribution in [2.45, 2.75) is 13.2 Å². The van der Waals surface area contributed by atoms with E-state index in [0.717, 1.165) is 45.1 Å². The highest BCUT2D eigenvalue weighted by Gasteiger charge is 2.18. The minimum Gasteiger partial charge on any atom is -0.489 e. The zero-order valence-corrected chi connectivity index (χ0v) is 20.2. The van der Waals surface area contributed by atoms with Crippen molar-refractivity contribution in [3.8, 4) is 23.0 Å². The molecule has 1 aliphatic rings.